The minimum atomic E-state index is 0.744. The van der Waals surface area contributed by atoms with Gasteiger partial charge in [0.2, 0.25) is 0 Å². The van der Waals surface area contributed by atoms with Gasteiger partial charge < -0.3 is 4.74 Å². The second kappa shape index (κ2) is 6.01. The first-order valence-corrected chi connectivity index (χ1v) is 4.82. The third kappa shape index (κ3) is 4.30. The van der Waals surface area contributed by atoms with Crippen LogP contribution in [-0.4, -0.2) is 13.2 Å². The SMILES string of the molecule is [CH2]CCOCCc1ccc(Cl)cc1. The lowest BCUT2D eigenvalue weighted by molar-refractivity contribution is 0.141. The maximum absolute atomic E-state index is 5.76. The molecule has 0 atom stereocenters. The average molecular weight is 198 g/mol. The van der Waals surface area contributed by atoms with Crippen molar-refractivity contribution in [1.82, 2.24) is 0 Å². The van der Waals surface area contributed by atoms with E-state index in [1.54, 1.807) is 0 Å². The van der Waals surface area contributed by atoms with Crippen molar-refractivity contribution < 1.29 is 4.74 Å². The maximum Gasteiger partial charge on any atom is 0.0506 e. The number of hydrogen-bond donors (Lipinski definition) is 0. The van der Waals surface area contributed by atoms with E-state index < -0.39 is 0 Å². The van der Waals surface area contributed by atoms with E-state index in [-0.39, 0.29) is 0 Å². The zero-order chi connectivity index (χ0) is 9.52. The molecular formula is C11H14ClO. The van der Waals surface area contributed by atoms with E-state index >= 15 is 0 Å². The molecule has 1 aromatic rings. The highest BCUT2D eigenvalue weighted by Crippen LogP contribution is 2.09. The highest BCUT2D eigenvalue weighted by molar-refractivity contribution is 6.30. The van der Waals surface area contributed by atoms with E-state index in [0.717, 1.165) is 31.1 Å². The third-order valence-electron chi connectivity index (χ3n) is 1.74. The number of halogens is 1. The van der Waals surface area contributed by atoms with Crippen molar-refractivity contribution in [2.75, 3.05) is 13.2 Å². The van der Waals surface area contributed by atoms with Crippen molar-refractivity contribution in [3.05, 3.63) is 41.8 Å². The zero-order valence-corrected chi connectivity index (χ0v) is 8.39. The Morgan fingerprint density at radius 1 is 1.15 bits per heavy atom. The Balaban J connectivity index is 2.25. The van der Waals surface area contributed by atoms with E-state index in [0.29, 0.717) is 0 Å². The van der Waals surface area contributed by atoms with Crippen LogP contribution in [0.1, 0.15) is 12.0 Å². The van der Waals surface area contributed by atoms with Gasteiger partial charge in [-0.25, -0.2) is 0 Å². The minimum absolute atomic E-state index is 0.744. The van der Waals surface area contributed by atoms with Gasteiger partial charge in [0.25, 0.3) is 0 Å². The normalized spacial score (nSPS) is 10.3. The third-order valence-corrected chi connectivity index (χ3v) is 1.99. The van der Waals surface area contributed by atoms with Crippen LogP contribution >= 0.6 is 11.6 Å². The average Bonchev–Trinajstić information content (AvgIpc) is 2.15. The lowest BCUT2D eigenvalue weighted by Gasteiger charge is -2.02. The van der Waals surface area contributed by atoms with E-state index in [9.17, 15) is 0 Å². The fourth-order valence-corrected chi connectivity index (χ4v) is 1.17. The number of ether oxygens (including phenoxy) is 1. The van der Waals surface area contributed by atoms with Gasteiger partial charge in [-0.05, 0) is 30.5 Å². The summed E-state index contributed by atoms with van der Waals surface area (Å²) in [6.45, 7) is 5.20. The van der Waals surface area contributed by atoms with Crippen LogP contribution in [-0.2, 0) is 11.2 Å². The van der Waals surface area contributed by atoms with Crippen molar-refractivity contribution in [2.24, 2.45) is 0 Å². The summed E-state index contributed by atoms with van der Waals surface area (Å²) >= 11 is 5.76. The summed E-state index contributed by atoms with van der Waals surface area (Å²) in [6.07, 6.45) is 1.78. The highest BCUT2D eigenvalue weighted by atomic mass is 35.5. The van der Waals surface area contributed by atoms with Gasteiger partial charge in [-0.15, -0.1) is 0 Å². The molecule has 1 radical (unpaired) electrons. The van der Waals surface area contributed by atoms with Crippen molar-refractivity contribution in [3.8, 4) is 0 Å². The lowest BCUT2D eigenvalue weighted by Crippen LogP contribution is -1.99. The minimum Gasteiger partial charge on any atom is -0.381 e. The van der Waals surface area contributed by atoms with Crippen molar-refractivity contribution in [3.63, 3.8) is 0 Å². The molecule has 0 aromatic heterocycles. The van der Waals surface area contributed by atoms with Crippen LogP contribution in [0.15, 0.2) is 24.3 Å². The van der Waals surface area contributed by atoms with Crippen molar-refractivity contribution in [2.45, 2.75) is 12.8 Å². The summed E-state index contributed by atoms with van der Waals surface area (Å²) < 4.78 is 5.32. The van der Waals surface area contributed by atoms with Gasteiger partial charge in [0.1, 0.15) is 0 Å². The van der Waals surface area contributed by atoms with Crippen LogP contribution in [0.3, 0.4) is 0 Å². The smallest absolute Gasteiger partial charge is 0.0506 e. The molecule has 0 saturated carbocycles. The molecule has 1 aromatic carbocycles. The second-order valence-corrected chi connectivity index (χ2v) is 3.28. The fourth-order valence-electron chi connectivity index (χ4n) is 1.05. The summed E-state index contributed by atoms with van der Waals surface area (Å²) in [6, 6.07) is 7.85. The zero-order valence-electron chi connectivity index (χ0n) is 7.63. The molecule has 1 nitrogen and oxygen atoms in total. The van der Waals surface area contributed by atoms with Crippen molar-refractivity contribution >= 4 is 11.6 Å². The molecule has 0 saturated heterocycles. The van der Waals surface area contributed by atoms with Gasteiger partial charge in [0, 0.05) is 11.6 Å². The molecule has 0 amide bonds. The first kappa shape index (κ1) is 10.6. The molecule has 0 aliphatic carbocycles. The van der Waals surface area contributed by atoms with Crippen LogP contribution in [0.25, 0.3) is 0 Å². The van der Waals surface area contributed by atoms with Crippen LogP contribution < -0.4 is 0 Å². The Bertz CT molecular complexity index is 230. The predicted molar refractivity (Wildman–Crippen MR) is 55.9 cm³/mol. The van der Waals surface area contributed by atoms with Gasteiger partial charge >= 0.3 is 0 Å². The van der Waals surface area contributed by atoms with Gasteiger partial charge in [-0.3, -0.25) is 0 Å². The molecule has 0 bridgehead atoms. The number of rotatable bonds is 5. The Morgan fingerprint density at radius 3 is 2.46 bits per heavy atom. The molecule has 13 heavy (non-hydrogen) atoms. The molecule has 1 rings (SSSR count). The molecular weight excluding hydrogens is 184 g/mol. The molecule has 0 aliphatic heterocycles. The molecule has 71 valence electrons. The topological polar surface area (TPSA) is 9.23 Å². The highest BCUT2D eigenvalue weighted by Gasteiger charge is 1.92. The fraction of sp³-hybridized carbons (Fsp3) is 0.364. The van der Waals surface area contributed by atoms with Crippen LogP contribution in [0.5, 0.6) is 0 Å². The summed E-state index contributed by atoms with van der Waals surface area (Å²) in [5, 5.41) is 0.780. The molecule has 0 N–H and O–H groups in total. The largest absolute Gasteiger partial charge is 0.381 e. The monoisotopic (exact) mass is 197 g/mol. The van der Waals surface area contributed by atoms with Crippen molar-refractivity contribution in [1.29, 1.82) is 0 Å². The standard InChI is InChI=1S/C11H14ClO/c1-2-8-13-9-7-10-3-5-11(12)6-4-10/h3-6H,1-2,7-9H2. The van der Waals surface area contributed by atoms with Crippen LogP contribution in [0.2, 0.25) is 5.02 Å². The number of hydrogen-bond acceptors (Lipinski definition) is 1. The van der Waals surface area contributed by atoms with Gasteiger partial charge in [0.15, 0.2) is 0 Å². The molecule has 0 unspecified atom stereocenters. The van der Waals surface area contributed by atoms with E-state index in [2.05, 4.69) is 6.92 Å². The van der Waals surface area contributed by atoms with Crippen LogP contribution in [0, 0.1) is 6.92 Å². The van der Waals surface area contributed by atoms with E-state index in [1.807, 2.05) is 24.3 Å². The second-order valence-electron chi connectivity index (χ2n) is 2.84. The molecule has 0 fully saturated rings. The summed E-state index contributed by atoms with van der Waals surface area (Å²) in [5.41, 5.74) is 1.26. The summed E-state index contributed by atoms with van der Waals surface area (Å²) in [7, 11) is 0. The summed E-state index contributed by atoms with van der Waals surface area (Å²) in [4.78, 5) is 0. The van der Waals surface area contributed by atoms with E-state index in [1.165, 1.54) is 5.56 Å². The maximum atomic E-state index is 5.76. The first-order chi connectivity index (χ1) is 6.33. The predicted octanol–water partition coefficient (Wildman–Crippen LogP) is 3.12. The van der Waals surface area contributed by atoms with Gasteiger partial charge in [-0.1, -0.05) is 30.7 Å². The Kier molecular flexibility index (Phi) is 4.87. The Morgan fingerprint density at radius 2 is 1.85 bits per heavy atom. The molecule has 0 aliphatic rings. The Hall–Kier alpha value is -0.530. The van der Waals surface area contributed by atoms with E-state index in [4.69, 9.17) is 16.3 Å². The lowest BCUT2D eigenvalue weighted by atomic mass is 10.2. The summed E-state index contributed by atoms with van der Waals surface area (Å²) in [5.74, 6) is 0. The molecule has 0 heterocycles. The van der Waals surface area contributed by atoms with Gasteiger partial charge in [-0.2, -0.15) is 0 Å². The van der Waals surface area contributed by atoms with Crippen LogP contribution in [0.4, 0.5) is 0 Å². The molecule has 2 heteroatoms. The number of benzene rings is 1. The quantitative estimate of drug-likeness (QED) is 0.660. The molecule has 0 spiro atoms. The first-order valence-electron chi connectivity index (χ1n) is 4.44. The van der Waals surface area contributed by atoms with Gasteiger partial charge in [0.05, 0.1) is 6.61 Å². The Labute approximate surface area is 84.7 Å².